The lowest BCUT2D eigenvalue weighted by molar-refractivity contribution is 0.151. The van der Waals surface area contributed by atoms with Gasteiger partial charge in [-0.2, -0.15) is 5.26 Å². The monoisotopic (exact) mass is 291 g/mol. The fourth-order valence-corrected chi connectivity index (χ4v) is 2.87. The van der Waals surface area contributed by atoms with Gasteiger partial charge in [-0.25, -0.2) is 4.39 Å². The van der Waals surface area contributed by atoms with Gasteiger partial charge < -0.3 is 10.4 Å². The minimum atomic E-state index is -0.664. The van der Waals surface area contributed by atoms with Crippen LogP contribution in [0.1, 0.15) is 37.4 Å². The molecule has 1 aromatic carbocycles. The summed E-state index contributed by atoms with van der Waals surface area (Å²) in [7, 11) is 0. The zero-order chi connectivity index (χ0) is 15.4. The van der Waals surface area contributed by atoms with Gasteiger partial charge in [0.1, 0.15) is 23.2 Å². The molecule has 0 amide bonds. The van der Waals surface area contributed by atoms with Crippen molar-refractivity contribution in [3.63, 3.8) is 0 Å². The van der Waals surface area contributed by atoms with Crippen molar-refractivity contribution >= 4 is 0 Å². The molecule has 0 bridgehead atoms. The van der Waals surface area contributed by atoms with Crippen LogP contribution in [-0.4, -0.2) is 36.2 Å². The fourth-order valence-electron chi connectivity index (χ4n) is 2.87. The Bertz CT molecular complexity index is 533. The third-order valence-corrected chi connectivity index (χ3v) is 3.92. The number of halogens is 1. The molecule has 4 nitrogen and oxygen atoms in total. The predicted molar refractivity (Wildman–Crippen MR) is 79.4 cm³/mol. The molecular weight excluding hydrogens is 269 g/mol. The Hall–Kier alpha value is -1.64. The molecule has 0 radical (unpaired) electrons. The summed E-state index contributed by atoms with van der Waals surface area (Å²) in [5.74, 6) is -0.427. The Balaban J connectivity index is 2.38. The normalized spacial score (nSPS) is 17.7. The van der Waals surface area contributed by atoms with Crippen LogP contribution < -0.4 is 5.32 Å². The molecule has 0 aliphatic carbocycles. The van der Waals surface area contributed by atoms with E-state index in [-0.39, 0.29) is 17.4 Å². The van der Waals surface area contributed by atoms with Gasteiger partial charge in [0.05, 0.1) is 0 Å². The second-order valence-electron chi connectivity index (χ2n) is 5.90. The lowest BCUT2D eigenvalue weighted by Crippen LogP contribution is -2.45. The van der Waals surface area contributed by atoms with Gasteiger partial charge in [0.2, 0.25) is 0 Å². The molecule has 2 rings (SSSR count). The van der Waals surface area contributed by atoms with Crippen LogP contribution in [0.15, 0.2) is 12.1 Å². The van der Waals surface area contributed by atoms with E-state index in [4.69, 9.17) is 5.26 Å². The molecule has 1 aliphatic rings. The third-order valence-electron chi connectivity index (χ3n) is 3.92. The largest absolute Gasteiger partial charge is 0.506 e. The van der Waals surface area contributed by atoms with E-state index in [1.807, 2.05) is 0 Å². The van der Waals surface area contributed by atoms with Crippen LogP contribution in [0.5, 0.6) is 5.75 Å². The summed E-state index contributed by atoms with van der Waals surface area (Å²) in [6.07, 6.45) is 0.865. The van der Waals surface area contributed by atoms with Crippen LogP contribution in [0.3, 0.4) is 0 Å². The SMILES string of the molecule is CC(C)C[C@@H](c1ccc(F)c(C#N)c1O)N1CCNCC1. The smallest absolute Gasteiger partial charge is 0.144 e. The van der Waals surface area contributed by atoms with Gasteiger partial charge >= 0.3 is 0 Å². The van der Waals surface area contributed by atoms with E-state index in [1.54, 1.807) is 12.1 Å². The van der Waals surface area contributed by atoms with Gasteiger partial charge in [-0.05, 0) is 18.4 Å². The summed E-state index contributed by atoms with van der Waals surface area (Å²) >= 11 is 0. The molecule has 0 aromatic heterocycles. The molecule has 1 heterocycles. The molecule has 0 spiro atoms. The topological polar surface area (TPSA) is 59.3 Å². The van der Waals surface area contributed by atoms with Gasteiger partial charge in [-0.1, -0.05) is 19.9 Å². The Kier molecular flexibility index (Phi) is 5.16. The summed E-state index contributed by atoms with van der Waals surface area (Å²) in [6.45, 7) is 7.83. The predicted octanol–water partition coefficient (Wildman–Crippen LogP) is 2.40. The summed E-state index contributed by atoms with van der Waals surface area (Å²) in [6, 6.07) is 4.67. The maximum atomic E-state index is 13.6. The van der Waals surface area contributed by atoms with Gasteiger partial charge in [-0.3, -0.25) is 4.90 Å². The van der Waals surface area contributed by atoms with Gasteiger partial charge in [0.25, 0.3) is 0 Å². The highest BCUT2D eigenvalue weighted by Gasteiger charge is 2.27. The minimum Gasteiger partial charge on any atom is -0.506 e. The van der Waals surface area contributed by atoms with E-state index < -0.39 is 5.82 Å². The molecule has 1 aliphatic heterocycles. The molecule has 0 unspecified atom stereocenters. The standard InChI is InChI=1S/C16H22FN3O/c1-11(2)9-15(20-7-5-19-6-8-20)12-3-4-14(17)13(10-18)16(12)21/h3-4,11,15,19,21H,5-9H2,1-2H3/t15-/m0/s1. The lowest BCUT2D eigenvalue weighted by Gasteiger charge is -2.36. The summed E-state index contributed by atoms with van der Waals surface area (Å²) in [4.78, 5) is 2.30. The highest BCUT2D eigenvalue weighted by Crippen LogP contribution is 2.36. The third kappa shape index (κ3) is 3.52. The van der Waals surface area contributed by atoms with Crippen molar-refractivity contribution in [2.45, 2.75) is 26.3 Å². The summed E-state index contributed by atoms with van der Waals surface area (Å²) < 4.78 is 13.6. The van der Waals surface area contributed by atoms with Crippen LogP contribution in [-0.2, 0) is 0 Å². The molecule has 2 N–H and O–H groups in total. The molecular formula is C16H22FN3O. The van der Waals surface area contributed by atoms with Crippen LogP contribution >= 0.6 is 0 Å². The van der Waals surface area contributed by atoms with Gasteiger partial charge in [0.15, 0.2) is 0 Å². The molecule has 1 fully saturated rings. The minimum absolute atomic E-state index is 0.0137. The molecule has 21 heavy (non-hydrogen) atoms. The van der Waals surface area contributed by atoms with E-state index in [1.165, 1.54) is 6.07 Å². The highest BCUT2D eigenvalue weighted by molar-refractivity contribution is 5.49. The first-order valence-corrected chi connectivity index (χ1v) is 7.40. The first-order valence-electron chi connectivity index (χ1n) is 7.40. The van der Waals surface area contributed by atoms with Gasteiger partial charge in [0, 0.05) is 37.8 Å². The number of rotatable bonds is 4. The number of phenolic OH excluding ortho intramolecular Hbond substituents is 1. The quantitative estimate of drug-likeness (QED) is 0.894. The Morgan fingerprint density at radius 2 is 2.05 bits per heavy atom. The molecule has 114 valence electrons. The maximum absolute atomic E-state index is 13.6. The van der Waals surface area contributed by atoms with E-state index in [0.29, 0.717) is 11.5 Å². The van der Waals surface area contributed by atoms with Crippen molar-refractivity contribution < 1.29 is 9.50 Å². The second-order valence-corrected chi connectivity index (χ2v) is 5.90. The van der Waals surface area contributed by atoms with Crippen molar-refractivity contribution in [3.8, 4) is 11.8 Å². The van der Waals surface area contributed by atoms with Crippen LogP contribution in [0.25, 0.3) is 0 Å². The zero-order valence-corrected chi connectivity index (χ0v) is 12.6. The van der Waals surface area contributed by atoms with E-state index in [9.17, 15) is 9.50 Å². The number of hydrogen-bond acceptors (Lipinski definition) is 4. The molecule has 1 saturated heterocycles. The van der Waals surface area contributed by atoms with Crippen LogP contribution in [0.2, 0.25) is 0 Å². The number of benzene rings is 1. The van der Waals surface area contributed by atoms with Crippen molar-refractivity contribution in [2.75, 3.05) is 26.2 Å². The Morgan fingerprint density at radius 1 is 1.38 bits per heavy atom. The number of phenols is 1. The first-order chi connectivity index (χ1) is 10.0. The fraction of sp³-hybridized carbons (Fsp3) is 0.562. The lowest BCUT2D eigenvalue weighted by atomic mass is 9.93. The number of nitrogens with zero attached hydrogens (tertiary/aromatic N) is 2. The zero-order valence-electron chi connectivity index (χ0n) is 12.6. The van der Waals surface area contributed by atoms with Crippen molar-refractivity contribution in [2.24, 2.45) is 5.92 Å². The molecule has 0 saturated carbocycles. The van der Waals surface area contributed by atoms with Crippen molar-refractivity contribution in [3.05, 3.63) is 29.1 Å². The van der Waals surface area contributed by atoms with E-state index in [2.05, 4.69) is 24.1 Å². The second kappa shape index (κ2) is 6.88. The average Bonchev–Trinajstić information content (AvgIpc) is 2.47. The molecule has 1 aromatic rings. The number of aromatic hydroxyl groups is 1. The number of nitrogens with one attached hydrogen (secondary N) is 1. The van der Waals surface area contributed by atoms with E-state index >= 15 is 0 Å². The first kappa shape index (κ1) is 15.7. The van der Waals surface area contributed by atoms with Crippen LogP contribution in [0.4, 0.5) is 4.39 Å². The van der Waals surface area contributed by atoms with Crippen LogP contribution in [0, 0.1) is 23.1 Å². The number of piperazine rings is 1. The highest BCUT2D eigenvalue weighted by atomic mass is 19.1. The van der Waals surface area contributed by atoms with E-state index in [0.717, 1.165) is 32.6 Å². The van der Waals surface area contributed by atoms with Crippen molar-refractivity contribution in [1.82, 2.24) is 10.2 Å². The van der Waals surface area contributed by atoms with Crippen molar-refractivity contribution in [1.29, 1.82) is 5.26 Å². The average molecular weight is 291 g/mol. The number of hydrogen-bond donors (Lipinski definition) is 2. The Labute approximate surface area is 125 Å². The maximum Gasteiger partial charge on any atom is 0.144 e. The number of nitriles is 1. The summed E-state index contributed by atoms with van der Waals surface area (Å²) in [5, 5.41) is 22.6. The molecule has 1 atom stereocenters. The Morgan fingerprint density at radius 3 is 2.62 bits per heavy atom. The summed E-state index contributed by atoms with van der Waals surface area (Å²) in [5.41, 5.74) is 0.403. The molecule has 5 heteroatoms. The van der Waals surface area contributed by atoms with Gasteiger partial charge in [-0.15, -0.1) is 0 Å².